The summed E-state index contributed by atoms with van der Waals surface area (Å²) in [5, 5.41) is 7.80. The smallest absolute Gasteiger partial charge is 0.0594 e. The molecule has 1 aliphatic rings. The van der Waals surface area contributed by atoms with Crippen molar-refractivity contribution in [3.63, 3.8) is 0 Å². The molecule has 2 heterocycles. The summed E-state index contributed by atoms with van der Waals surface area (Å²) in [6.07, 6.45) is 4.06. The van der Waals surface area contributed by atoms with Crippen LogP contribution in [-0.4, -0.2) is 54.1 Å². The zero-order valence-corrected chi connectivity index (χ0v) is 13.9. The van der Waals surface area contributed by atoms with Crippen LogP contribution in [0.15, 0.2) is 12.4 Å². The van der Waals surface area contributed by atoms with Gasteiger partial charge in [-0.2, -0.15) is 5.10 Å². The highest BCUT2D eigenvalue weighted by atomic mass is 35.5. The van der Waals surface area contributed by atoms with E-state index < -0.39 is 0 Å². The molecule has 0 aliphatic carbocycles. The Hall–Kier alpha value is -0.330. The van der Waals surface area contributed by atoms with E-state index in [9.17, 15) is 0 Å². The van der Waals surface area contributed by atoms with E-state index >= 15 is 0 Å². The first-order valence-electron chi connectivity index (χ1n) is 6.79. The zero-order chi connectivity index (χ0) is 12.8. The second-order valence-electron chi connectivity index (χ2n) is 5.05. The molecule has 7 heteroatoms. The standard InChI is InChI=1S/C13H24N4O.2ClH/c1-12(2)17-11-13(10-15-17)9-14-3-4-16-5-7-18-8-6-16;;/h10-12,14H,3-9H2,1-2H3;2*1H. The van der Waals surface area contributed by atoms with E-state index in [0.717, 1.165) is 45.9 Å². The van der Waals surface area contributed by atoms with Crippen molar-refractivity contribution in [2.24, 2.45) is 0 Å². The van der Waals surface area contributed by atoms with Crippen LogP contribution in [0.25, 0.3) is 0 Å². The van der Waals surface area contributed by atoms with Crippen molar-refractivity contribution >= 4 is 24.8 Å². The lowest BCUT2D eigenvalue weighted by Crippen LogP contribution is -2.40. The predicted octanol–water partition coefficient (Wildman–Crippen LogP) is 1.73. The molecule has 0 amide bonds. The van der Waals surface area contributed by atoms with Gasteiger partial charge in [-0.15, -0.1) is 24.8 Å². The number of hydrogen-bond donors (Lipinski definition) is 1. The summed E-state index contributed by atoms with van der Waals surface area (Å²) < 4.78 is 7.33. The number of nitrogens with one attached hydrogen (secondary N) is 1. The summed E-state index contributed by atoms with van der Waals surface area (Å²) >= 11 is 0. The molecule has 1 N–H and O–H groups in total. The molecule has 0 radical (unpaired) electrons. The fraction of sp³-hybridized carbons (Fsp3) is 0.769. The summed E-state index contributed by atoms with van der Waals surface area (Å²) in [7, 11) is 0. The van der Waals surface area contributed by atoms with Crippen LogP contribution in [0.5, 0.6) is 0 Å². The van der Waals surface area contributed by atoms with Crippen molar-refractivity contribution in [1.82, 2.24) is 20.0 Å². The Morgan fingerprint density at radius 1 is 1.30 bits per heavy atom. The Labute approximate surface area is 133 Å². The molecule has 1 aromatic rings. The number of nitrogens with zero attached hydrogens (tertiary/aromatic N) is 3. The van der Waals surface area contributed by atoms with Gasteiger partial charge in [-0.25, -0.2) is 0 Å². The van der Waals surface area contributed by atoms with Crippen molar-refractivity contribution in [3.05, 3.63) is 18.0 Å². The third kappa shape index (κ3) is 6.41. The molecule has 0 aromatic carbocycles. The average molecular weight is 325 g/mol. The maximum atomic E-state index is 5.33. The third-order valence-electron chi connectivity index (χ3n) is 3.22. The van der Waals surface area contributed by atoms with Crippen molar-refractivity contribution < 1.29 is 4.74 Å². The Morgan fingerprint density at radius 3 is 2.60 bits per heavy atom. The minimum Gasteiger partial charge on any atom is -0.379 e. The van der Waals surface area contributed by atoms with Gasteiger partial charge in [0.25, 0.3) is 0 Å². The van der Waals surface area contributed by atoms with E-state index in [1.807, 2.05) is 10.9 Å². The molecule has 2 rings (SSSR count). The van der Waals surface area contributed by atoms with E-state index in [1.165, 1.54) is 5.56 Å². The molecular formula is C13H26Cl2N4O. The number of halogens is 2. The molecule has 0 atom stereocenters. The van der Waals surface area contributed by atoms with Crippen molar-refractivity contribution in [2.75, 3.05) is 39.4 Å². The normalized spacial score (nSPS) is 15.8. The van der Waals surface area contributed by atoms with Crippen molar-refractivity contribution in [1.29, 1.82) is 0 Å². The van der Waals surface area contributed by atoms with E-state index in [1.54, 1.807) is 0 Å². The molecule has 20 heavy (non-hydrogen) atoms. The van der Waals surface area contributed by atoms with Gasteiger partial charge in [0.05, 0.1) is 19.4 Å². The van der Waals surface area contributed by atoms with Crippen molar-refractivity contribution in [2.45, 2.75) is 26.4 Å². The average Bonchev–Trinajstić information content (AvgIpc) is 2.85. The maximum absolute atomic E-state index is 5.33. The Morgan fingerprint density at radius 2 is 2.00 bits per heavy atom. The quantitative estimate of drug-likeness (QED) is 0.809. The molecular weight excluding hydrogens is 299 g/mol. The van der Waals surface area contributed by atoms with Gasteiger partial charge in [0, 0.05) is 50.5 Å². The van der Waals surface area contributed by atoms with Gasteiger partial charge < -0.3 is 10.1 Å². The largest absolute Gasteiger partial charge is 0.379 e. The number of rotatable bonds is 6. The van der Waals surface area contributed by atoms with E-state index in [4.69, 9.17) is 4.74 Å². The van der Waals surface area contributed by atoms with E-state index in [-0.39, 0.29) is 24.8 Å². The molecule has 1 aliphatic heterocycles. The molecule has 0 bridgehead atoms. The van der Waals surface area contributed by atoms with Crippen LogP contribution in [0.4, 0.5) is 0 Å². The van der Waals surface area contributed by atoms with E-state index in [2.05, 4.69) is 35.4 Å². The van der Waals surface area contributed by atoms with Gasteiger partial charge in [-0.1, -0.05) is 0 Å². The topological polar surface area (TPSA) is 42.3 Å². The maximum Gasteiger partial charge on any atom is 0.0594 e. The van der Waals surface area contributed by atoms with E-state index in [0.29, 0.717) is 6.04 Å². The second kappa shape index (κ2) is 10.4. The lowest BCUT2D eigenvalue weighted by Gasteiger charge is -2.26. The Kier molecular flexibility index (Phi) is 10.2. The number of ether oxygens (including phenoxy) is 1. The highest BCUT2D eigenvalue weighted by molar-refractivity contribution is 5.85. The van der Waals surface area contributed by atoms with Gasteiger partial charge in [0.2, 0.25) is 0 Å². The summed E-state index contributed by atoms with van der Waals surface area (Å²) in [6.45, 7) is 11.2. The molecule has 0 unspecified atom stereocenters. The number of morpholine rings is 1. The third-order valence-corrected chi connectivity index (χ3v) is 3.22. The molecule has 118 valence electrons. The van der Waals surface area contributed by atoms with Crippen LogP contribution < -0.4 is 5.32 Å². The molecule has 1 fully saturated rings. The van der Waals surface area contributed by atoms with Crippen LogP contribution in [0.3, 0.4) is 0 Å². The first kappa shape index (κ1) is 19.7. The first-order chi connectivity index (χ1) is 8.75. The zero-order valence-electron chi connectivity index (χ0n) is 12.2. The van der Waals surface area contributed by atoms with Gasteiger partial charge in [-0.3, -0.25) is 9.58 Å². The van der Waals surface area contributed by atoms with Crippen LogP contribution in [-0.2, 0) is 11.3 Å². The second-order valence-corrected chi connectivity index (χ2v) is 5.05. The van der Waals surface area contributed by atoms with Crippen molar-refractivity contribution in [3.8, 4) is 0 Å². The molecule has 0 saturated carbocycles. The Balaban J connectivity index is 0.00000180. The molecule has 1 aromatic heterocycles. The minimum atomic E-state index is 0. The van der Waals surface area contributed by atoms with Crippen LogP contribution >= 0.6 is 24.8 Å². The number of hydrogen-bond acceptors (Lipinski definition) is 4. The highest BCUT2D eigenvalue weighted by Gasteiger charge is 2.09. The van der Waals surface area contributed by atoms with Gasteiger partial charge >= 0.3 is 0 Å². The van der Waals surface area contributed by atoms with Crippen LogP contribution in [0, 0.1) is 0 Å². The van der Waals surface area contributed by atoms with Gasteiger partial charge in [0.15, 0.2) is 0 Å². The fourth-order valence-corrected chi connectivity index (χ4v) is 2.05. The molecule has 0 spiro atoms. The molecule has 5 nitrogen and oxygen atoms in total. The number of aromatic nitrogens is 2. The van der Waals surface area contributed by atoms with Crippen LogP contribution in [0.1, 0.15) is 25.5 Å². The lowest BCUT2D eigenvalue weighted by atomic mass is 10.3. The fourth-order valence-electron chi connectivity index (χ4n) is 2.05. The molecule has 1 saturated heterocycles. The predicted molar refractivity (Wildman–Crippen MR) is 86.1 cm³/mol. The van der Waals surface area contributed by atoms with Crippen LogP contribution in [0.2, 0.25) is 0 Å². The monoisotopic (exact) mass is 324 g/mol. The first-order valence-corrected chi connectivity index (χ1v) is 6.79. The summed E-state index contributed by atoms with van der Waals surface area (Å²) in [5.41, 5.74) is 1.26. The SMILES string of the molecule is CC(C)n1cc(CNCCN2CCOCC2)cn1.Cl.Cl. The lowest BCUT2D eigenvalue weighted by molar-refractivity contribution is 0.0384. The summed E-state index contributed by atoms with van der Waals surface area (Å²) in [6, 6.07) is 0.437. The minimum absolute atomic E-state index is 0. The summed E-state index contributed by atoms with van der Waals surface area (Å²) in [5.74, 6) is 0. The summed E-state index contributed by atoms with van der Waals surface area (Å²) in [4.78, 5) is 2.44. The van der Waals surface area contributed by atoms with Gasteiger partial charge in [0.1, 0.15) is 0 Å². The highest BCUT2D eigenvalue weighted by Crippen LogP contribution is 2.04. The van der Waals surface area contributed by atoms with Gasteiger partial charge in [-0.05, 0) is 13.8 Å². The Bertz CT molecular complexity index is 354.